The van der Waals surface area contributed by atoms with E-state index >= 15 is 0 Å². The molecule has 1 amide bonds. The van der Waals surface area contributed by atoms with Crippen molar-refractivity contribution in [1.29, 1.82) is 0 Å². The number of carbonyl (C=O) groups excluding carboxylic acids is 1. The predicted molar refractivity (Wildman–Crippen MR) is 106 cm³/mol. The molecule has 0 atom stereocenters. The quantitative estimate of drug-likeness (QED) is 0.694. The molecule has 0 spiro atoms. The van der Waals surface area contributed by atoms with Crippen molar-refractivity contribution in [1.82, 2.24) is 9.97 Å². The van der Waals surface area contributed by atoms with Crippen molar-refractivity contribution in [3.8, 4) is 5.75 Å². The Morgan fingerprint density at radius 1 is 1.04 bits per heavy atom. The Balaban J connectivity index is 1.70. The Hall–Kier alpha value is -3.41. The minimum Gasteiger partial charge on any atom is -0.496 e. The average Bonchev–Trinajstić information content (AvgIpc) is 2.66. The number of aromatic nitrogens is 2. The van der Waals surface area contributed by atoms with Gasteiger partial charge in [0.1, 0.15) is 23.6 Å². The second-order valence-electron chi connectivity index (χ2n) is 6.28. The molecule has 0 aliphatic heterocycles. The van der Waals surface area contributed by atoms with Crippen molar-refractivity contribution < 1.29 is 9.53 Å². The van der Waals surface area contributed by atoms with Crippen LogP contribution in [0, 0.1) is 13.8 Å². The van der Waals surface area contributed by atoms with Gasteiger partial charge in [0, 0.05) is 23.9 Å². The molecule has 0 radical (unpaired) electrons. The maximum atomic E-state index is 12.5. The molecule has 0 fully saturated rings. The fraction of sp³-hybridized carbons (Fsp3) is 0.190. The Morgan fingerprint density at radius 2 is 1.78 bits per heavy atom. The van der Waals surface area contributed by atoms with Crippen molar-refractivity contribution in [2.75, 3.05) is 17.7 Å². The van der Waals surface area contributed by atoms with E-state index in [1.807, 2.05) is 50.2 Å². The van der Waals surface area contributed by atoms with Crippen LogP contribution in [-0.4, -0.2) is 23.0 Å². The highest BCUT2D eigenvalue weighted by atomic mass is 16.5. The molecule has 0 aliphatic rings. The standard InChI is InChI=1S/C21H22N4O2/c1-14-8-15(2)10-17(9-14)25-21(26)18-11-20(24-13-23-18)22-12-16-6-4-5-7-19(16)27-3/h4-11,13H,12H2,1-3H3,(H,25,26)(H,22,23,24). The van der Waals surface area contributed by atoms with E-state index in [1.165, 1.54) is 6.33 Å². The number of ether oxygens (including phenoxy) is 1. The lowest BCUT2D eigenvalue weighted by molar-refractivity contribution is 0.102. The third-order valence-corrected chi connectivity index (χ3v) is 4.03. The van der Waals surface area contributed by atoms with Gasteiger partial charge in [-0.25, -0.2) is 9.97 Å². The van der Waals surface area contributed by atoms with Crippen LogP contribution in [0.3, 0.4) is 0 Å². The number of benzene rings is 2. The first kappa shape index (κ1) is 18.4. The summed E-state index contributed by atoms with van der Waals surface area (Å²) in [6.07, 6.45) is 1.38. The Bertz CT molecular complexity index is 936. The van der Waals surface area contributed by atoms with E-state index in [-0.39, 0.29) is 5.91 Å². The molecule has 0 aliphatic carbocycles. The van der Waals surface area contributed by atoms with Gasteiger partial charge in [-0.1, -0.05) is 24.3 Å². The minimum atomic E-state index is -0.275. The predicted octanol–water partition coefficient (Wildman–Crippen LogP) is 3.97. The largest absolute Gasteiger partial charge is 0.496 e. The summed E-state index contributed by atoms with van der Waals surface area (Å²) in [6.45, 7) is 4.51. The first-order valence-electron chi connectivity index (χ1n) is 8.62. The first-order chi connectivity index (χ1) is 13.0. The van der Waals surface area contributed by atoms with E-state index in [4.69, 9.17) is 4.74 Å². The van der Waals surface area contributed by atoms with Gasteiger partial charge in [-0.05, 0) is 43.2 Å². The van der Waals surface area contributed by atoms with E-state index in [0.29, 0.717) is 18.1 Å². The van der Waals surface area contributed by atoms with Crippen LogP contribution >= 0.6 is 0 Å². The summed E-state index contributed by atoms with van der Waals surface area (Å²) < 4.78 is 5.34. The van der Waals surface area contributed by atoms with Gasteiger partial charge in [0.15, 0.2) is 0 Å². The van der Waals surface area contributed by atoms with Crippen LogP contribution in [0.5, 0.6) is 5.75 Å². The van der Waals surface area contributed by atoms with E-state index < -0.39 is 0 Å². The van der Waals surface area contributed by atoms with Crippen molar-refractivity contribution in [2.24, 2.45) is 0 Å². The molecule has 138 valence electrons. The van der Waals surface area contributed by atoms with Crippen molar-refractivity contribution in [3.05, 3.63) is 77.2 Å². The third kappa shape index (κ3) is 4.82. The molecule has 0 unspecified atom stereocenters. The molecular weight excluding hydrogens is 340 g/mol. The van der Waals surface area contributed by atoms with Gasteiger partial charge in [0.25, 0.3) is 5.91 Å². The Kier molecular flexibility index (Phi) is 5.66. The van der Waals surface area contributed by atoms with Crippen molar-refractivity contribution in [2.45, 2.75) is 20.4 Å². The van der Waals surface area contributed by atoms with Crippen LogP contribution in [0.1, 0.15) is 27.2 Å². The number of amides is 1. The highest BCUT2D eigenvalue weighted by Gasteiger charge is 2.10. The molecule has 3 aromatic rings. The van der Waals surface area contributed by atoms with Gasteiger partial charge in [-0.15, -0.1) is 0 Å². The molecule has 0 saturated heterocycles. The molecule has 2 aromatic carbocycles. The van der Waals surface area contributed by atoms with Gasteiger partial charge in [0.2, 0.25) is 0 Å². The summed E-state index contributed by atoms with van der Waals surface area (Å²) >= 11 is 0. The number of methoxy groups -OCH3 is 1. The topological polar surface area (TPSA) is 76.1 Å². The van der Waals surface area contributed by atoms with Gasteiger partial charge < -0.3 is 15.4 Å². The molecule has 6 nitrogen and oxygen atoms in total. The minimum absolute atomic E-state index is 0.275. The average molecular weight is 362 g/mol. The zero-order chi connectivity index (χ0) is 19.2. The number of para-hydroxylation sites is 1. The van der Waals surface area contributed by atoms with Crippen LogP contribution in [0.25, 0.3) is 0 Å². The zero-order valence-electron chi connectivity index (χ0n) is 15.6. The highest BCUT2D eigenvalue weighted by Crippen LogP contribution is 2.19. The van der Waals surface area contributed by atoms with E-state index in [9.17, 15) is 4.79 Å². The maximum Gasteiger partial charge on any atom is 0.274 e. The van der Waals surface area contributed by atoms with Crippen LogP contribution in [0.15, 0.2) is 54.9 Å². The fourth-order valence-electron chi connectivity index (χ4n) is 2.85. The number of nitrogens with zero attached hydrogens (tertiary/aromatic N) is 2. The van der Waals surface area contributed by atoms with Crippen molar-refractivity contribution >= 4 is 17.4 Å². The lowest BCUT2D eigenvalue weighted by Crippen LogP contribution is -2.15. The molecule has 6 heteroatoms. The monoisotopic (exact) mass is 362 g/mol. The second kappa shape index (κ2) is 8.31. The molecule has 1 heterocycles. The molecule has 0 bridgehead atoms. The second-order valence-corrected chi connectivity index (χ2v) is 6.28. The van der Waals surface area contributed by atoms with Gasteiger partial charge in [-0.2, -0.15) is 0 Å². The zero-order valence-corrected chi connectivity index (χ0v) is 15.6. The maximum absolute atomic E-state index is 12.5. The SMILES string of the molecule is COc1ccccc1CNc1cc(C(=O)Nc2cc(C)cc(C)c2)ncn1. The third-order valence-electron chi connectivity index (χ3n) is 4.03. The van der Waals surface area contributed by atoms with Gasteiger partial charge in [0.05, 0.1) is 7.11 Å². The van der Waals surface area contributed by atoms with Gasteiger partial charge in [-0.3, -0.25) is 4.79 Å². The van der Waals surface area contributed by atoms with E-state index in [2.05, 4.69) is 26.7 Å². The smallest absolute Gasteiger partial charge is 0.274 e. The number of aryl methyl sites for hydroxylation is 2. The molecule has 27 heavy (non-hydrogen) atoms. The number of hydrogen-bond acceptors (Lipinski definition) is 5. The van der Waals surface area contributed by atoms with Crippen LogP contribution < -0.4 is 15.4 Å². The highest BCUT2D eigenvalue weighted by molar-refractivity contribution is 6.03. The van der Waals surface area contributed by atoms with Crippen LogP contribution in [0.4, 0.5) is 11.5 Å². The molecular formula is C21H22N4O2. The Labute approximate surface area is 158 Å². The summed E-state index contributed by atoms with van der Waals surface area (Å²) in [5, 5.41) is 6.08. The van der Waals surface area contributed by atoms with Crippen molar-refractivity contribution in [3.63, 3.8) is 0 Å². The molecule has 1 aromatic heterocycles. The number of carbonyl (C=O) groups is 1. The van der Waals surface area contributed by atoms with E-state index in [1.54, 1.807) is 13.2 Å². The number of rotatable bonds is 6. The fourth-order valence-corrected chi connectivity index (χ4v) is 2.85. The lowest BCUT2D eigenvalue weighted by atomic mass is 10.1. The molecule has 2 N–H and O–H groups in total. The molecule has 3 rings (SSSR count). The van der Waals surface area contributed by atoms with Gasteiger partial charge >= 0.3 is 0 Å². The summed E-state index contributed by atoms with van der Waals surface area (Å²) in [5.74, 6) is 1.09. The number of anilines is 2. The number of hydrogen-bond donors (Lipinski definition) is 2. The Morgan fingerprint density at radius 3 is 2.52 bits per heavy atom. The lowest BCUT2D eigenvalue weighted by Gasteiger charge is -2.11. The summed E-state index contributed by atoms with van der Waals surface area (Å²) in [4.78, 5) is 20.8. The summed E-state index contributed by atoms with van der Waals surface area (Å²) in [6, 6.07) is 15.3. The molecule has 0 saturated carbocycles. The van der Waals surface area contributed by atoms with E-state index in [0.717, 1.165) is 28.1 Å². The number of nitrogens with one attached hydrogen (secondary N) is 2. The normalized spacial score (nSPS) is 10.3. The van der Waals surface area contributed by atoms with Crippen LogP contribution in [-0.2, 0) is 6.54 Å². The summed E-state index contributed by atoms with van der Waals surface area (Å²) in [5.41, 5.74) is 4.23. The van der Waals surface area contributed by atoms with Crippen LogP contribution in [0.2, 0.25) is 0 Å². The first-order valence-corrected chi connectivity index (χ1v) is 8.62. The summed E-state index contributed by atoms with van der Waals surface area (Å²) in [7, 11) is 1.64.